The van der Waals surface area contributed by atoms with E-state index in [1.54, 1.807) is 6.92 Å². The van der Waals surface area contributed by atoms with Crippen LogP contribution in [-0.4, -0.2) is 59.9 Å². The number of benzene rings is 2. The third kappa shape index (κ3) is 4.33. The minimum absolute atomic E-state index is 0.0183. The summed E-state index contributed by atoms with van der Waals surface area (Å²) in [6, 6.07) is 14.4. The zero-order chi connectivity index (χ0) is 25.4. The lowest BCUT2D eigenvalue weighted by Crippen LogP contribution is -2.51. The fourth-order valence-corrected chi connectivity index (χ4v) is 4.87. The Kier molecular flexibility index (Phi) is 6.48. The van der Waals surface area contributed by atoms with Gasteiger partial charge >= 0.3 is 18.2 Å². The molecular weight excluding hydrogens is 465 g/mol. The molecular formula is C25H25F3N2O5. The summed E-state index contributed by atoms with van der Waals surface area (Å²) in [5.74, 6) is -2.98. The van der Waals surface area contributed by atoms with Crippen LogP contribution in [0.3, 0.4) is 0 Å². The number of alkyl halides is 3. The van der Waals surface area contributed by atoms with Gasteiger partial charge in [0.2, 0.25) is 5.91 Å². The van der Waals surface area contributed by atoms with Crippen molar-refractivity contribution in [3.63, 3.8) is 0 Å². The van der Waals surface area contributed by atoms with Crippen molar-refractivity contribution >= 4 is 18.0 Å². The van der Waals surface area contributed by atoms with Crippen molar-refractivity contribution in [2.45, 2.75) is 37.9 Å². The number of halogens is 3. The highest BCUT2D eigenvalue weighted by Gasteiger charge is 2.64. The van der Waals surface area contributed by atoms with Crippen LogP contribution in [0.2, 0.25) is 0 Å². The number of fused-ring (bicyclic) bond motifs is 3. The summed E-state index contributed by atoms with van der Waals surface area (Å²) in [5.41, 5.74) is 1.13. The van der Waals surface area contributed by atoms with Gasteiger partial charge in [-0.3, -0.25) is 9.59 Å². The molecule has 2 amide bonds. The number of nitrogens with one attached hydrogen (secondary N) is 1. The molecule has 1 aliphatic heterocycles. The van der Waals surface area contributed by atoms with Gasteiger partial charge in [0, 0.05) is 19.0 Å². The minimum atomic E-state index is -5.00. The average molecular weight is 490 g/mol. The summed E-state index contributed by atoms with van der Waals surface area (Å²) in [5, 5.41) is 11.6. The number of hydrogen-bond acceptors (Lipinski definition) is 4. The van der Waals surface area contributed by atoms with Gasteiger partial charge in [0.1, 0.15) is 12.6 Å². The topological polar surface area (TPSA) is 95.9 Å². The molecule has 2 aromatic rings. The molecule has 1 heterocycles. The molecule has 186 valence electrons. The molecule has 1 saturated heterocycles. The number of hydrogen-bond donors (Lipinski definition) is 2. The predicted molar refractivity (Wildman–Crippen MR) is 120 cm³/mol. The molecule has 0 saturated carbocycles. The van der Waals surface area contributed by atoms with Crippen LogP contribution in [0.15, 0.2) is 48.5 Å². The number of carbonyl (C=O) groups excluding carboxylic acids is 2. The third-order valence-electron chi connectivity index (χ3n) is 6.88. The molecule has 0 aromatic heterocycles. The number of carbonyl (C=O) groups is 3. The molecule has 2 aliphatic rings. The SMILES string of the molecule is CC[C@H](NC(=O)OCC1c2ccccc2-c2ccccc21)C(=O)N1CCC(C(=O)O)(C(F)(F)F)C1. The number of nitrogens with zero attached hydrogens (tertiary/aromatic N) is 1. The van der Waals surface area contributed by atoms with E-state index >= 15 is 0 Å². The van der Waals surface area contributed by atoms with Gasteiger partial charge in [-0.25, -0.2) is 4.79 Å². The number of ether oxygens (including phenoxy) is 1. The molecule has 10 heteroatoms. The summed E-state index contributed by atoms with van der Waals surface area (Å²) in [6.45, 7) is 0.252. The van der Waals surface area contributed by atoms with E-state index < -0.39 is 48.6 Å². The molecule has 0 radical (unpaired) electrons. The summed E-state index contributed by atoms with van der Waals surface area (Å²) in [4.78, 5) is 37.6. The Morgan fingerprint density at radius 1 is 1.11 bits per heavy atom. The second kappa shape index (κ2) is 9.24. The third-order valence-corrected chi connectivity index (χ3v) is 6.88. The Morgan fingerprint density at radius 2 is 1.69 bits per heavy atom. The molecule has 2 atom stereocenters. The van der Waals surface area contributed by atoms with Gasteiger partial charge in [-0.2, -0.15) is 13.2 Å². The summed E-state index contributed by atoms with van der Waals surface area (Å²) in [6.07, 6.45) is -6.51. The van der Waals surface area contributed by atoms with Gasteiger partial charge in [0.25, 0.3) is 0 Å². The maximum Gasteiger partial charge on any atom is 0.407 e. The first-order valence-corrected chi connectivity index (χ1v) is 11.3. The summed E-state index contributed by atoms with van der Waals surface area (Å²) in [7, 11) is 0. The van der Waals surface area contributed by atoms with E-state index in [1.807, 2.05) is 48.5 Å². The van der Waals surface area contributed by atoms with E-state index in [4.69, 9.17) is 4.74 Å². The van der Waals surface area contributed by atoms with Crippen LogP contribution in [-0.2, 0) is 14.3 Å². The number of rotatable bonds is 6. The Balaban J connectivity index is 1.40. The first-order chi connectivity index (χ1) is 16.6. The highest BCUT2D eigenvalue weighted by molar-refractivity contribution is 5.87. The highest BCUT2D eigenvalue weighted by Crippen LogP contribution is 2.46. The van der Waals surface area contributed by atoms with Gasteiger partial charge in [0.15, 0.2) is 5.41 Å². The minimum Gasteiger partial charge on any atom is -0.481 e. The second-order valence-corrected chi connectivity index (χ2v) is 8.83. The predicted octanol–water partition coefficient (Wildman–Crippen LogP) is 4.17. The van der Waals surface area contributed by atoms with E-state index in [0.717, 1.165) is 27.2 Å². The van der Waals surface area contributed by atoms with Gasteiger partial charge in [-0.05, 0) is 35.1 Å². The van der Waals surface area contributed by atoms with Crippen LogP contribution in [0.5, 0.6) is 0 Å². The van der Waals surface area contributed by atoms with Crippen molar-refractivity contribution in [3.05, 3.63) is 59.7 Å². The molecule has 0 spiro atoms. The molecule has 35 heavy (non-hydrogen) atoms. The van der Waals surface area contributed by atoms with E-state index in [9.17, 15) is 32.7 Å². The lowest BCUT2D eigenvalue weighted by Gasteiger charge is -2.28. The zero-order valence-electron chi connectivity index (χ0n) is 19.0. The molecule has 2 aromatic carbocycles. The van der Waals surface area contributed by atoms with Crippen LogP contribution in [0.25, 0.3) is 11.1 Å². The fraction of sp³-hybridized carbons (Fsp3) is 0.400. The molecule has 1 aliphatic carbocycles. The summed E-state index contributed by atoms with van der Waals surface area (Å²) >= 11 is 0. The molecule has 1 unspecified atom stereocenters. The smallest absolute Gasteiger partial charge is 0.407 e. The second-order valence-electron chi connectivity index (χ2n) is 8.83. The van der Waals surface area contributed by atoms with Gasteiger partial charge in [-0.15, -0.1) is 0 Å². The molecule has 2 N–H and O–H groups in total. The normalized spacial score (nSPS) is 20.2. The Bertz CT molecular complexity index is 1110. The van der Waals surface area contributed by atoms with E-state index in [0.29, 0.717) is 0 Å². The maximum absolute atomic E-state index is 13.4. The number of carboxylic acid groups (broad SMARTS) is 1. The highest BCUT2D eigenvalue weighted by atomic mass is 19.4. The molecule has 1 fully saturated rings. The summed E-state index contributed by atoms with van der Waals surface area (Å²) < 4.78 is 45.8. The largest absolute Gasteiger partial charge is 0.481 e. The van der Waals surface area contributed by atoms with Crippen LogP contribution >= 0.6 is 0 Å². The zero-order valence-corrected chi connectivity index (χ0v) is 19.0. The van der Waals surface area contributed by atoms with E-state index in [-0.39, 0.29) is 25.5 Å². The van der Waals surface area contributed by atoms with Crippen molar-refractivity contribution < 1.29 is 37.4 Å². The van der Waals surface area contributed by atoms with Crippen molar-refractivity contribution in [2.24, 2.45) is 5.41 Å². The standard InChI is InChI=1S/C25H25F3N2O5/c1-2-20(21(31)30-12-11-24(14-30,22(32)33)25(26,27)28)29-23(34)35-13-19-17-9-5-3-7-15(17)16-8-4-6-10-18(16)19/h3-10,19-20H,2,11-14H2,1H3,(H,29,34)(H,32,33)/t20-,24?/m0/s1. The van der Waals surface area contributed by atoms with Crippen molar-refractivity contribution in [3.8, 4) is 11.1 Å². The number of alkyl carbamates (subject to hydrolysis) is 1. The Morgan fingerprint density at radius 3 is 2.17 bits per heavy atom. The Hall–Kier alpha value is -3.56. The van der Waals surface area contributed by atoms with E-state index in [2.05, 4.69) is 5.32 Å². The van der Waals surface area contributed by atoms with Crippen molar-refractivity contribution in [1.29, 1.82) is 0 Å². The first kappa shape index (κ1) is 24.6. The van der Waals surface area contributed by atoms with Crippen LogP contribution in [0.1, 0.15) is 36.8 Å². The van der Waals surface area contributed by atoms with Gasteiger partial charge in [-0.1, -0.05) is 55.5 Å². The average Bonchev–Trinajstić information content (AvgIpc) is 3.42. The van der Waals surface area contributed by atoms with Crippen molar-refractivity contribution in [1.82, 2.24) is 10.2 Å². The first-order valence-electron chi connectivity index (χ1n) is 11.3. The number of carboxylic acids is 1. The number of aliphatic carboxylic acids is 1. The van der Waals surface area contributed by atoms with Crippen molar-refractivity contribution in [2.75, 3.05) is 19.7 Å². The monoisotopic (exact) mass is 490 g/mol. The lowest BCUT2D eigenvalue weighted by atomic mass is 9.86. The van der Waals surface area contributed by atoms with Gasteiger partial charge in [0.05, 0.1) is 0 Å². The number of likely N-dealkylation sites (tertiary alicyclic amines) is 1. The van der Waals surface area contributed by atoms with Crippen LogP contribution in [0.4, 0.5) is 18.0 Å². The molecule has 0 bridgehead atoms. The van der Waals surface area contributed by atoms with Crippen LogP contribution < -0.4 is 5.32 Å². The Labute approximate surface area is 199 Å². The van der Waals surface area contributed by atoms with Crippen LogP contribution in [0, 0.1) is 5.41 Å². The van der Waals surface area contributed by atoms with E-state index in [1.165, 1.54) is 0 Å². The molecule has 4 rings (SSSR count). The quantitative estimate of drug-likeness (QED) is 0.634. The number of amides is 2. The maximum atomic E-state index is 13.4. The molecule has 7 nitrogen and oxygen atoms in total. The van der Waals surface area contributed by atoms with Gasteiger partial charge < -0.3 is 20.1 Å². The fourth-order valence-electron chi connectivity index (χ4n) is 4.87. The lowest BCUT2D eigenvalue weighted by molar-refractivity contribution is -0.227.